The first kappa shape index (κ1) is 12.2. The van der Waals surface area contributed by atoms with Gasteiger partial charge in [-0.1, -0.05) is 38.3 Å². The van der Waals surface area contributed by atoms with Crippen molar-refractivity contribution < 1.29 is 0 Å². The van der Waals surface area contributed by atoms with E-state index in [2.05, 4.69) is 25.2 Å². The van der Waals surface area contributed by atoms with Crippen LogP contribution in [-0.4, -0.2) is 12.6 Å². The first-order valence-corrected chi connectivity index (χ1v) is 7.21. The zero-order valence-corrected chi connectivity index (χ0v) is 11.0. The van der Waals surface area contributed by atoms with Gasteiger partial charge in [0, 0.05) is 12.6 Å². The van der Waals surface area contributed by atoms with E-state index in [9.17, 15) is 0 Å². The van der Waals surface area contributed by atoms with Crippen LogP contribution in [0.2, 0.25) is 0 Å². The Hall–Kier alpha value is -0.300. The highest BCUT2D eigenvalue weighted by Gasteiger charge is 2.21. The second kappa shape index (κ2) is 5.86. The summed E-state index contributed by atoms with van der Waals surface area (Å²) in [5.74, 6) is 1.85. The fourth-order valence-corrected chi connectivity index (χ4v) is 2.65. The van der Waals surface area contributed by atoms with Crippen molar-refractivity contribution in [1.29, 1.82) is 0 Å². The molecule has 1 nitrogen and oxygen atoms in total. The third-order valence-corrected chi connectivity index (χ3v) is 4.18. The Kier molecular flexibility index (Phi) is 4.45. The van der Waals surface area contributed by atoms with Crippen LogP contribution in [0.4, 0.5) is 0 Å². The highest BCUT2D eigenvalue weighted by Crippen LogP contribution is 2.30. The molecule has 0 aromatic heterocycles. The van der Waals surface area contributed by atoms with E-state index in [1.807, 2.05) is 0 Å². The number of hydrogen-bond acceptors (Lipinski definition) is 1. The summed E-state index contributed by atoms with van der Waals surface area (Å²) in [6.45, 7) is 5.84. The highest BCUT2D eigenvalue weighted by molar-refractivity contribution is 5.07. The quantitative estimate of drug-likeness (QED) is 0.694. The molecular weight excluding hydrogens is 194 g/mol. The zero-order chi connectivity index (χ0) is 11.4. The summed E-state index contributed by atoms with van der Waals surface area (Å²) < 4.78 is 0. The van der Waals surface area contributed by atoms with Crippen LogP contribution in [0.25, 0.3) is 0 Å². The molecule has 0 aliphatic heterocycles. The van der Waals surface area contributed by atoms with Gasteiger partial charge >= 0.3 is 0 Å². The summed E-state index contributed by atoms with van der Waals surface area (Å²) >= 11 is 0. The molecule has 0 saturated heterocycles. The predicted octanol–water partition coefficient (Wildman–Crippen LogP) is 3.90. The van der Waals surface area contributed by atoms with Crippen LogP contribution < -0.4 is 5.32 Å². The minimum absolute atomic E-state index is 0.848. The van der Waals surface area contributed by atoms with Gasteiger partial charge in [0.25, 0.3) is 0 Å². The lowest BCUT2D eigenvalue weighted by atomic mass is 9.82. The van der Waals surface area contributed by atoms with Gasteiger partial charge in [-0.3, -0.25) is 0 Å². The van der Waals surface area contributed by atoms with Gasteiger partial charge in [-0.25, -0.2) is 0 Å². The van der Waals surface area contributed by atoms with Crippen LogP contribution in [0.5, 0.6) is 0 Å². The minimum atomic E-state index is 0.848. The van der Waals surface area contributed by atoms with Gasteiger partial charge in [0.1, 0.15) is 0 Å². The van der Waals surface area contributed by atoms with E-state index in [-0.39, 0.29) is 0 Å². The molecule has 1 heteroatoms. The lowest BCUT2D eigenvalue weighted by Crippen LogP contribution is -2.20. The van der Waals surface area contributed by atoms with Crippen molar-refractivity contribution in [2.75, 3.05) is 6.54 Å². The van der Waals surface area contributed by atoms with E-state index < -0.39 is 0 Å². The Morgan fingerprint density at radius 3 is 2.38 bits per heavy atom. The van der Waals surface area contributed by atoms with Gasteiger partial charge < -0.3 is 5.32 Å². The third kappa shape index (κ3) is 3.93. The van der Waals surface area contributed by atoms with Gasteiger partial charge in [-0.05, 0) is 43.9 Å². The Labute approximate surface area is 101 Å². The molecule has 0 atom stereocenters. The lowest BCUT2D eigenvalue weighted by Gasteiger charge is -2.24. The Morgan fingerprint density at radius 1 is 1.12 bits per heavy atom. The van der Waals surface area contributed by atoms with Crippen molar-refractivity contribution in [2.24, 2.45) is 11.8 Å². The first-order chi connectivity index (χ1) is 7.78. The fraction of sp³-hybridized carbons (Fsp3) is 0.867. The monoisotopic (exact) mass is 221 g/mol. The van der Waals surface area contributed by atoms with Gasteiger partial charge in [0.2, 0.25) is 0 Å². The summed E-state index contributed by atoms with van der Waals surface area (Å²) in [7, 11) is 0. The predicted molar refractivity (Wildman–Crippen MR) is 70.5 cm³/mol. The topological polar surface area (TPSA) is 12.0 Å². The van der Waals surface area contributed by atoms with Gasteiger partial charge in [-0.15, -0.1) is 0 Å². The molecule has 2 aliphatic carbocycles. The van der Waals surface area contributed by atoms with Crippen molar-refractivity contribution in [3.63, 3.8) is 0 Å². The van der Waals surface area contributed by atoms with Crippen LogP contribution in [0.3, 0.4) is 0 Å². The maximum atomic E-state index is 3.64. The van der Waals surface area contributed by atoms with Gasteiger partial charge in [0.15, 0.2) is 0 Å². The van der Waals surface area contributed by atoms with Crippen LogP contribution in [0.15, 0.2) is 11.6 Å². The molecule has 0 spiro atoms. The van der Waals surface area contributed by atoms with Gasteiger partial charge in [-0.2, -0.15) is 0 Å². The smallest absolute Gasteiger partial charge is 0.0167 e. The summed E-state index contributed by atoms with van der Waals surface area (Å²) in [5, 5.41) is 3.64. The van der Waals surface area contributed by atoms with E-state index in [4.69, 9.17) is 0 Å². The molecule has 0 heterocycles. The van der Waals surface area contributed by atoms with Crippen molar-refractivity contribution in [3.05, 3.63) is 11.6 Å². The first-order valence-electron chi connectivity index (χ1n) is 7.21. The van der Waals surface area contributed by atoms with E-state index in [0.717, 1.165) is 24.4 Å². The lowest BCUT2D eigenvalue weighted by molar-refractivity contribution is 0.329. The number of hydrogen-bond donors (Lipinski definition) is 1. The molecule has 92 valence electrons. The molecule has 0 amide bonds. The van der Waals surface area contributed by atoms with Crippen molar-refractivity contribution in [2.45, 2.75) is 64.8 Å². The molecular formula is C15H27N. The Bertz CT molecular complexity index is 232. The Balaban J connectivity index is 1.76. The summed E-state index contributed by atoms with van der Waals surface area (Å²) in [5.41, 5.74) is 1.64. The molecule has 0 radical (unpaired) electrons. The maximum Gasteiger partial charge on any atom is 0.0167 e. The fourth-order valence-electron chi connectivity index (χ4n) is 2.65. The molecule has 0 bridgehead atoms. The molecule has 1 N–H and O–H groups in total. The molecule has 0 aromatic carbocycles. The second-order valence-electron chi connectivity index (χ2n) is 5.85. The molecule has 16 heavy (non-hydrogen) atoms. The molecule has 2 aliphatic rings. The normalized spacial score (nSPS) is 31.8. The van der Waals surface area contributed by atoms with Gasteiger partial charge in [0.05, 0.1) is 0 Å². The molecule has 2 fully saturated rings. The molecule has 0 aromatic rings. The van der Waals surface area contributed by atoms with E-state index in [1.165, 1.54) is 44.9 Å². The number of allylic oxidation sites excluding steroid dienone is 1. The number of rotatable bonds is 5. The summed E-state index contributed by atoms with van der Waals surface area (Å²) in [6.07, 6.45) is 12.3. The van der Waals surface area contributed by atoms with Crippen LogP contribution >= 0.6 is 0 Å². The van der Waals surface area contributed by atoms with E-state index >= 15 is 0 Å². The van der Waals surface area contributed by atoms with Crippen molar-refractivity contribution in [1.82, 2.24) is 5.32 Å². The van der Waals surface area contributed by atoms with Crippen molar-refractivity contribution in [3.8, 4) is 0 Å². The highest BCUT2D eigenvalue weighted by atomic mass is 14.9. The van der Waals surface area contributed by atoms with Crippen LogP contribution in [-0.2, 0) is 0 Å². The average molecular weight is 221 g/mol. The summed E-state index contributed by atoms with van der Waals surface area (Å²) in [6, 6.07) is 0.848. The molecule has 2 rings (SSSR count). The third-order valence-electron chi connectivity index (χ3n) is 4.18. The molecule has 0 unspecified atom stereocenters. The second-order valence-corrected chi connectivity index (χ2v) is 5.85. The van der Waals surface area contributed by atoms with Crippen LogP contribution in [0.1, 0.15) is 58.8 Å². The van der Waals surface area contributed by atoms with Crippen LogP contribution in [0, 0.1) is 11.8 Å². The van der Waals surface area contributed by atoms with E-state index in [1.54, 1.807) is 5.57 Å². The SMILES string of the molecule is CC/C(=C\C1CCC(C)CC1)CNC1CC1. The largest absolute Gasteiger partial charge is 0.310 e. The molecule has 2 saturated carbocycles. The number of nitrogens with one attached hydrogen (secondary N) is 1. The summed E-state index contributed by atoms with van der Waals surface area (Å²) in [4.78, 5) is 0. The van der Waals surface area contributed by atoms with E-state index in [0.29, 0.717) is 0 Å². The van der Waals surface area contributed by atoms with Crippen molar-refractivity contribution >= 4 is 0 Å². The standard InChI is InChI=1S/C15H27N/c1-3-13(11-16-15-8-9-15)10-14-6-4-12(2)5-7-14/h10,12,14-16H,3-9,11H2,1-2H3/b13-10+. The maximum absolute atomic E-state index is 3.64. The minimum Gasteiger partial charge on any atom is -0.310 e. The zero-order valence-electron chi connectivity index (χ0n) is 11.0. The Morgan fingerprint density at radius 2 is 1.81 bits per heavy atom. The average Bonchev–Trinajstić information content (AvgIpc) is 3.11.